The molecule has 8 heterocycles. The molecule has 0 saturated carbocycles. The van der Waals surface area contributed by atoms with Crippen LogP contribution in [0.2, 0.25) is 0 Å². The van der Waals surface area contributed by atoms with Gasteiger partial charge >= 0.3 is 12.4 Å². The highest BCUT2D eigenvalue weighted by atomic mass is 32.2. The number of nitrogens with zero attached hydrogens (tertiary/aromatic N) is 12. The first-order chi connectivity index (χ1) is 32.8. The van der Waals surface area contributed by atoms with Crippen molar-refractivity contribution in [3.63, 3.8) is 0 Å². The largest absolute Gasteiger partial charge is 0.416 e. The van der Waals surface area contributed by atoms with E-state index in [1.807, 2.05) is 14.1 Å². The Hall–Kier alpha value is -3.96. The summed E-state index contributed by atoms with van der Waals surface area (Å²) in [5.74, 6) is 4.94. The van der Waals surface area contributed by atoms with Gasteiger partial charge in [-0.3, -0.25) is 9.13 Å². The van der Waals surface area contributed by atoms with Gasteiger partial charge in [-0.25, -0.2) is 0 Å². The van der Waals surface area contributed by atoms with Crippen LogP contribution in [0, 0.1) is 11.8 Å². The number of morpholine rings is 2. The molecule has 6 aliphatic heterocycles. The number of anilines is 4. The fraction of sp³-hybridized carbons (Fsp3) is 0.652. The van der Waals surface area contributed by atoms with Crippen molar-refractivity contribution in [2.45, 2.75) is 60.4 Å². The first kappa shape index (κ1) is 49.0. The topological polar surface area (TPSA) is 99.3 Å². The lowest BCUT2D eigenvalue weighted by molar-refractivity contribution is -0.138. The van der Waals surface area contributed by atoms with E-state index < -0.39 is 23.5 Å². The van der Waals surface area contributed by atoms with Crippen LogP contribution in [-0.2, 0) is 35.9 Å². The second kappa shape index (κ2) is 21.6. The smallest absolute Gasteiger partial charge is 0.378 e. The molecule has 6 fully saturated rings. The summed E-state index contributed by atoms with van der Waals surface area (Å²) in [6, 6.07) is 12.1. The molecule has 4 aromatic rings. The molecule has 14 nitrogen and oxygen atoms in total. The summed E-state index contributed by atoms with van der Waals surface area (Å²) in [7, 11) is 4.04. The second-order valence-electron chi connectivity index (χ2n) is 18.5. The normalized spacial score (nSPS) is 23.6. The average Bonchev–Trinajstić information content (AvgIpc) is 4.20. The van der Waals surface area contributed by atoms with Crippen molar-refractivity contribution in [1.29, 1.82) is 0 Å². The summed E-state index contributed by atoms with van der Waals surface area (Å²) >= 11 is 3.48. The highest BCUT2D eigenvalue weighted by Gasteiger charge is 2.43. The molecule has 6 aliphatic rings. The quantitative estimate of drug-likeness (QED) is 0.0760. The lowest BCUT2D eigenvalue weighted by atomic mass is 10.0. The van der Waals surface area contributed by atoms with Crippen LogP contribution in [0.15, 0.2) is 58.8 Å². The van der Waals surface area contributed by atoms with Gasteiger partial charge in [0.05, 0.1) is 37.6 Å². The summed E-state index contributed by atoms with van der Waals surface area (Å²) in [4.78, 5) is 14.0. The predicted molar refractivity (Wildman–Crippen MR) is 253 cm³/mol. The van der Waals surface area contributed by atoms with Crippen molar-refractivity contribution in [3.05, 3.63) is 59.7 Å². The molecule has 2 aromatic heterocycles. The molecule has 0 spiro atoms. The zero-order chi connectivity index (χ0) is 47.4. The lowest BCUT2D eigenvalue weighted by Crippen LogP contribution is -2.37. The fourth-order valence-electron chi connectivity index (χ4n) is 10.6. The maximum Gasteiger partial charge on any atom is 0.416 e. The van der Waals surface area contributed by atoms with Gasteiger partial charge in [-0.05, 0) is 99.1 Å². The van der Waals surface area contributed by atoms with Gasteiger partial charge in [0, 0.05) is 115 Å². The first-order valence-corrected chi connectivity index (χ1v) is 25.8. The molecule has 68 heavy (non-hydrogen) atoms. The summed E-state index contributed by atoms with van der Waals surface area (Å²) in [6.45, 7) is 14.2. The maximum absolute atomic E-state index is 12.9. The highest BCUT2D eigenvalue weighted by Crippen LogP contribution is 2.39. The van der Waals surface area contributed by atoms with E-state index in [1.54, 1.807) is 47.8 Å². The third-order valence-corrected chi connectivity index (χ3v) is 16.4. The van der Waals surface area contributed by atoms with Gasteiger partial charge in [-0.15, -0.1) is 20.4 Å². The molecule has 6 saturated heterocycles. The minimum atomic E-state index is -4.29. The van der Waals surface area contributed by atoms with E-state index in [1.165, 1.54) is 24.3 Å². The van der Waals surface area contributed by atoms with Crippen LogP contribution >= 0.6 is 23.5 Å². The van der Waals surface area contributed by atoms with Crippen LogP contribution in [0.25, 0.3) is 0 Å². The molecule has 0 amide bonds. The Bertz CT molecular complexity index is 2080. The molecule has 0 N–H and O–H groups in total. The number of aromatic nitrogens is 6. The Morgan fingerprint density at radius 1 is 0.529 bits per heavy atom. The van der Waals surface area contributed by atoms with Gasteiger partial charge in [-0.2, -0.15) is 26.3 Å². The van der Waals surface area contributed by atoms with E-state index in [4.69, 9.17) is 9.47 Å². The van der Waals surface area contributed by atoms with E-state index in [2.05, 4.69) is 58.9 Å². The van der Waals surface area contributed by atoms with Gasteiger partial charge in [0.25, 0.3) is 0 Å². The number of thioether (sulfide) groups is 2. The van der Waals surface area contributed by atoms with Crippen LogP contribution in [0.1, 0.15) is 36.8 Å². The number of benzene rings is 2. The number of likely N-dealkylation sites (tertiary alicyclic amines) is 2. The summed E-state index contributed by atoms with van der Waals surface area (Å²) in [6.07, 6.45) is -4.26. The SMILES string of the molecule is Cn1c(SCCCN2C[C@@H]3CCN(c4ccc(C(F)(F)F)cc4)[C@@H]3C2)nnc1N1CCOCC1.Cn1c(SCCCN2C[C@H]3CCN(c4ccc(C(F)(F)F)cc4)[C@H]3C2)nnc1N1CCOCC1. The van der Waals surface area contributed by atoms with E-state index in [0.29, 0.717) is 23.9 Å². The molecular weight excluding hydrogens is 931 g/mol. The highest BCUT2D eigenvalue weighted by molar-refractivity contribution is 7.99. The van der Waals surface area contributed by atoms with E-state index in [0.717, 1.165) is 176 Å². The van der Waals surface area contributed by atoms with Crippen molar-refractivity contribution in [2.75, 3.05) is 136 Å². The zero-order valence-corrected chi connectivity index (χ0v) is 40.4. The molecular formula is C46H62F6N12O2S2. The molecule has 2 aromatic carbocycles. The minimum absolute atomic E-state index is 0.388. The van der Waals surface area contributed by atoms with Crippen molar-refractivity contribution in [3.8, 4) is 0 Å². The molecule has 372 valence electrons. The molecule has 0 unspecified atom stereocenters. The van der Waals surface area contributed by atoms with Crippen LogP contribution in [-0.4, -0.2) is 168 Å². The molecule has 10 rings (SSSR count). The average molecular weight is 993 g/mol. The van der Waals surface area contributed by atoms with Gasteiger partial charge in [0.15, 0.2) is 10.3 Å². The summed E-state index contributed by atoms with van der Waals surface area (Å²) < 4.78 is 92.3. The number of halogens is 6. The summed E-state index contributed by atoms with van der Waals surface area (Å²) in [5, 5.41) is 19.4. The number of rotatable bonds is 14. The van der Waals surface area contributed by atoms with Crippen molar-refractivity contribution in [2.24, 2.45) is 25.9 Å². The first-order valence-electron chi connectivity index (χ1n) is 23.8. The molecule has 4 atom stereocenters. The van der Waals surface area contributed by atoms with Crippen molar-refractivity contribution < 1.29 is 35.8 Å². The minimum Gasteiger partial charge on any atom is -0.378 e. The standard InChI is InChI=1S/2C23H31F3N6OS/c2*1-29-21(31-10-12-33-13-11-31)27-28-22(29)34-14-2-8-30-15-17-7-9-32(20(17)16-30)19-5-3-18(4-6-19)23(24,25)26/h2*3-6,17,20H,2,7-16H2,1H3/t2*17-,20+/m10/s1. The van der Waals surface area contributed by atoms with Gasteiger partial charge < -0.3 is 38.9 Å². The maximum atomic E-state index is 12.9. The number of hydrogen-bond acceptors (Lipinski definition) is 14. The second-order valence-corrected chi connectivity index (χ2v) is 20.6. The Labute approximate surface area is 402 Å². The van der Waals surface area contributed by atoms with Crippen LogP contribution in [0.5, 0.6) is 0 Å². The Balaban J connectivity index is 0.000000170. The Morgan fingerprint density at radius 2 is 0.912 bits per heavy atom. The predicted octanol–water partition coefficient (Wildman–Crippen LogP) is 6.73. The Morgan fingerprint density at radius 3 is 1.28 bits per heavy atom. The van der Waals surface area contributed by atoms with E-state index in [9.17, 15) is 26.3 Å². The van der Waals surface area contributed by atoms with Crippen molar-refractivity contribution >= 4 is 46.8 Å². The third-order valence-electron chi connectivity index (χ3n) is 14.2. The summed E-state index contributed by atoms with van der Waals surface area (Å²) in [5.41, 5.74) is 0.627. The zero-order valence-electron chi connectivity index (χ0n) is 38.8. The van der Waals surface area contributed by atoms with Gasteiger partial charge in [-0.1, -0.05) is 23.5 Å². The molecule has 0 aliphatic carbocycles. The number of hydrogen-bond donors (Lipinski definition) is 0. The molecule has 0 radical (unpaired) electrons. The lowest BCUT2D eigenvalue weighted by Gasteiger charge is -2.27. The van der Waals surface area contributed by atoms with Crippen LogP contribution in [0.3, 0.4) is 0 Å². The number of alkyl halides is 6. The van der Waals surface area contributed by atoms with Crippen LogP contribution < -0.4 is 19.6 Å². The van der Waals surface area contributed by atoms with E-state index in [-0.39, 0.29) is 0 Å². The monoisotopic (exact) mass is 992 g/mol. The molecule has 22 heteroatoms. The van der Waals surface area contributed by atoms with Crippen molar-refractivity contribution in [1.82, 2.24) is 39.3 Å². The van der Waals surface area contributed by atoms with Gasteiger partial charge in [0.2, 0.25) is 11.9 Å². The van der Waals surface area contributed by atoms with Gasteiger partial charge in [0.1, 0.15) is 0 Å². The van der Waals surface area contributed by atoms with Crippen LogP contribution in [0.4, 0.5) is 49.6 Å². The molecule has 0 bridgehead atoms. The van der Waals surface area contributed by atoms with E-state index >= 15 is 0 Å². The Kier molecular flexibility index (Phi) is 15.6. The third kappa shape index (κ3) is 11.5. The number of ether oxygens (including phenoxy) is 2. The fourth-order valence-corrected chi connectivity index (χ4v) is 12.3. The number of fused-ring (bicyclic) bond motifs is 2.